The first-order valence-corrected chi connectivity index (χ1v) is 11.2. The van der Waals surface area contributed by atoms with Crippen LogP contribution in [-0.2, 0) is 0 Å². The molecule has 0 unspecified atom stereocenters. The van der Waals surface area contributed by atoms with Gasteiger partial charge in [0.15, 0.2) is 0 Å². The third kappa shape index (κ3) is 4.30. The lowest BCUT2D eigenvalue weighted by molar-refractivity contribution is 0.707. The molecule has 0 saturated heterocycles. The molecule has 4 rings (SSSR count). The van der Waals surface area contributed by atoms with E-state index in [1.54, 1.807) is 0 Å². The zero-order valence-corrected chi connectivity index (χ0v) is 20.2. The SMILES string of the molecule is CC1=CC(C)(C)Nc2cc(NCNc3cc4c(cc3C)C(C)=CC(C)(C)N4)c(C)cc21. The van der Waals surface area contributed by atoms with E-state index in [2.05, 4.69) is 113 Å². The van der Waals surface area contributed by atoms with E-state index in [1.165, 1.54) is 44.8 Å². The molecule has 2 aliphatic rings. The van der Waals surface area contributed by atoms with Crippen molar-refractivity contribution >= 4 is 33.9 Å². The Morgan fingerprint density at radius 2 is 1.03 bits per heavy atom. The summed E-state index contributed by atoms with van der Waals surface area (Å²) in [5.41, 5.74) is 12.4. The van der Waals surface area contributed by atoms with E-state index in [1.807, 2.05) is 0 Å². The molecule has 4 heteroatoms. The van der Waals surface area contributed by atoms with Gasteiger partial charge in [0, 0.05) is 33.9 Å². The highest BCUT2D eigenvalue weighted by Gasteiger charge is 2.24. The van der Waals surface area contributed by atoms with Crippen LogP contribution in [0, 0.1) is 13.8 Å². The Labute approximate surface area is 187 Å². The number of fused-ring (bicyclic) bond motifs is 2. The minimum Gasteiger partial charge on any atom is -0.376 e. The summed E-state index contributed by atoms with van der Waals surface area (Å²) in [5.74, 6) is 0. The van der Waals surface area contributed by atoms with Gasteiger partial charge in [0.2, 0.25) is 0 Å². The molecular formula is C27H36N4. The van der Waals surface area contributed by atoms with Crippen LogP contribution < -0.4 is 21.3 Å². The van der Waals surface area contributed by atoms with Gasteiger partial charge in [-0.1, -0.05) is 12.2 Å². The fourth-order valence-corrected chi connectivity index (χ4v) is 4.90. The molecule has 4 nitrogen and oxygen atoms in total. The first-order chi connectivity index (χ1) is 14.4. The number of rotatable bonds is 4. The number of hydrogen-bond acceptors (Lipinski definition) is 4. The van der Waals surface area contributed by atoms with E-state index in [4.69, 9.17) is 0 Å². The second-order valence-electron chi connectivity index (χ2n) is 10.3. The molecule has 0 bridgehead atoms. The topological polar surface area (TPSA) is 48.1 Å². The van der Waals surface area contributed by atoms with E-state index in [0.717, 1.165) is 11.4 Å². The van der Waals surface area contributed by atoms with Crippen molar-refractivity contribution in [2.45, 2.75) is 66.5 Å². The van der Waals surface area contributed by atoms with E-state index in [-0.39, 0.29) is 11.1 Å². The number of anilines is 4. The van der Waals surface area contributed by atoms with Gasteiger partial charge in [-0.05, 0) is 102 Å². The molecular weight excluding hydrogens is 380 g/mol. The third-order valence-corrected chi connectivity index (χ3v) is 6.20. The van der Waals surface area contributed by atoms with Gasteiger partial charge >= 0.3 is 0 Å². The molecule has 0 aromatic heterocycles. The average Bonchev–Trinajstić information content (AvgIpc) is 2.63. The molecule has 2 aromatic carbocycles. The summed E-state index contributed by atoms with van der Waals surface area (Å²) in [4.78, 5) is 0. The second-order valence-corrected chi connectivity index (χ2v) is 10.3. The van der Waals surface area contributed by atoms with E-state index in [9.17, 15) is 0 Å². The van der Waals surface area contributed by atoms with E-state index >= 15 is 0 Å². The smallest absolute Gasteiger partial charge is 0.0849 e. The van der Waals surface area contributed by atoms with Crippen LogP contribution in [0.2, 0.25) is 0 Å². The Bertz CT molecular complexity index is 1020. The molecule has 0 spiro atoms. The van der Waals surface area contributed by atoms with Gasteiger partial charge in [0.05, 0.1) is 17.7 Å². The van der Waals surface area contributed by atoms with Crippen molar-refractivity contribution in [3.05, 3.63) is 58.7 Å². The molecule has 0 aliphatic carbocycles. The summed E-state index contributed by atoms with van der Waals surface area (Å²) in [6.45, 7) is 18.2. The van der Waals surface area contributed by atoms with Gasteiger partial charge in [-0.15, -0.1) is 0 Å². The van der Waals surface area contributed by atoms with Crippen molar-refractivity contribution < 1.29 is 0 Å². The van der Waals surface area contributed by atoms with Crippen LogP contribution in [0.25, 0.3) is 11.1 Å². The standard InChI is InChI=1S/C27H36N4/c1-16-9-20-18(3)13-26(5,6)30-24(20)11-22(16)28-15-29-23-12-25-21(10-17(23)2)19(4)14-27(7,8)31-25/h9-14,28-31H,15H2,1-8H3. The van der Waals surface area contributed by atoms with Crippen molar-refractivity contribution in [1.82, 2.24) is 0 Å². The van der Waals surface area contributed by atoms with Gasteiger partial charge in [-0.3, -0.25) is 0 Å². The summed E-state index contributed by atoms with van der Waals surface area (Å²) in [6.07, 6.45) is 4.60. The number of hydrogen-bond donors (Lipinski definition) is 4. The monoisotopic (exact) mass is 416 g/mol. The van der Waals surface area contributed by atoms with Gasteiger partial charge < -0.3 is 21.3 Å². The van der Waals surface area contributed by atoms with Crippen LogP contribution in [0.4, 0.5) is 22.7 Å². The van der Waals surface area contributed by atoms with Crippen molar-refractivity contribution in [3.63, 3.8) is 0 Å². The van der Waals surface area contributed by atoms with Gasteiger partial charge in [0.25, 0.3) is 0 Å². The van der Waals surface area contributed by atoms with Crippen LogP contribution >= 0.6 is 0 Å². The van der Waals surface area contributed by atoms with Crippen LogP contribution in [0.3, 0.4) is 0 Å². The molecule has 0 atom stereocenters. The van der Waals surface area contributed by atoms with E-state index in [0.29, 0.717) is 6.67 Å². The van der Waals surface area contributed by atoms with E-state index < -0.39 is 0 Å². The first kappa shape index (κ1) is 21.4. The third-order valence-electron chi connectivity index (χ3n) is 6.20. The minimum absolute atomic E-state index is 0.0323. The quantitative estimate of drug-likeness (QED) is 0.405. The first-order valence-electron chi connectivity index (χ1n) is 11.2. The van der Waals surface area contributed by atoms with Crippen molar-refractivity contribution in [2.75, 3.05) is 27.9 Å². The Hall–Kier alpha value is -2.88. The molecule has 31 heavy (non-hydrogen) atoms. The molecule has 2 aromatic rings. The fourth-order valence-electron chi connectivity index (χ4n) is 4.90. The molecule has 0 fully saturated rings. The highest BCUT2D eigenvalue weighted by Crippen LogP contribution is 2.38. The van der Waals surface area contributed by atoms with Crippen LogP contribution in [0.5, 0.6) is 0 Å². The zero-order valence-electron chi connectivity index (χ0n) is 20.2. The lowest BCUT2D eigenvalue weighted by Crippen LogP contribution is -2.31. The Balaban J connectivity index is 1.51. The number of benzene rings is 2. The zero-order chi connectivity index (χ0) is 22.6. The maximum absolute atomic E-state index is 3.65. The van der Waals surface area contributed by atoms with Gasteiger partial charge in [0.1, 0.15) is 0 Å². The lowest BCUT2D eigenvalue weighted by atomic mass is 9.90. The highest BCUT2D eigenvalue weighted by atomic mass is 15.1. The van der Waals surface area contributed by atoms with Crippen molar-refractivity contribution in [3.8, 4) is 0 Å². The molecule has 0 radical (unpaired) electrons. The summed E-state index contributed by atoms with van der Waals surface area (Å²) < 4.78 is 0. The maximum atomic E-state index is 3.65. The average molecular weight is 417 g/mol. The van der Waals surface area contributed by atoms with Crippen molar-refractivity contribution in [1.29, 1.82) is 0 Å². The van der Waals surface area contributed by atoms with Crippen LogP contribution in [0.1, 0.15) is 63.8 Å². The highest BCUT2D eigenvalue weighted by molar-refractivity contribution is 5.84. The normalized spacial score (nSPS) is 17.9. The molecule has 0 amide bonds. The largest absolute Gasteiger partial charge is 0.376 e. The Kier molecular flexibility index (Phi) is 5.07. The predicted molar refractivity (Wildman–Crippen MR) is 137 cm³/mol. The molecule has 0 saturated carbocycles. The predicted octanol–water partition coefficient (Wildman–Crippen LogP) is 7.00. The second kappa shape index (κ2) is 7.37. The Morgan fingerprint density at radius 1 is 0.645 bits per heavy atom. The summed E-state index contributed by atoms with van der Waals surface area (Å²) >= 11 is 0. The summed E-state index contributed by atoms with van der Waals surface area (Å²) in [7, 11) is 0. The molecule has 2 heterocycles. The van der Waals surface area contributed by atoms with Gasteiger partial charge in [-0.25, -0.2) is 0 Å². The van der Waals surface area contributed by atoms with Gasteiger partial charge in [-0.2, -0.15) is 0 Å². The molecule has 2 aliphatic heterocycles. The summed E-state index contributed by atoms with van der Waals surface area (Å²) in [6, 6.07) is 9.03. The molecule has 164 valence electrons. The maximum Gasteiger partial charge on any atom is 0.0849 e. The number of aryl methyl sites for hydroxylation is 2. The van der Waals surface area contributed by atoms with Crippen LogP contribution in [0.15, 0.2) is 36.4 Å². The summed E-state index contributed by atoms with van der Waals surface area (Å²) in [5, 5.41) is 14.5. The minimum atomic E-state index is -0.0323. The Morgan fingerprint density at radius 3 is 1.42 bits per heavy atom. The van der Waals surface area contributed by atoms with Crippen molar-refractivity contribution in [2.24, 2.45) is 0 Å². The van der Waals surface area contributed by atoms with Crippen LogP contribution in [-0.4, -0.2) is 17.7 Å². The molecule has 4 N–H and O–H groups in total. The fraction of sp³-hybridized carbons (Fsp3) is 0.407. The number of nitrogens with one attached hydrogen (secondary N) is 4. The number of allylic oxidation sites excluding steroid dienone is 2. The lowest BCUT2D eigenvalue weighted by Gasteiger charge is -2.32.